The maximum atomic E-state index is 14.6. The standard InChI is InChI=1S/C22H22FN3OS2/c1-13-3-6-19-16(9-13)14(12-29-19)10-20(27)25-15-4-5-18(23)17(11-15)22(2)7-8-28-21(24)26-22/h3-6,9,11-12H,7-8,10H2,1-2H3,(H2,24,26)(H,25,27). The number of nitrogens with zero attached hydrogens (tertiary/aromatic N) is 1. The van der Waals surface area contributed by atoms with Gasteiger partial charge in [0, 0.05) is 21.7 Å². The first kappa shape index (κ1) is 19.9. The molecule has 1 aromatic heterocycles. The Labute approximate surface area is 177 Å². The molecule has 0 radical (unpaired) electrons. The highest BCUT2D eigenvalue weighted by molar-refractivity contribution is 8.13. The van der Waals surface area contributed by atoms with Gasteiger partial charge in [-0.15, -0.1) is 11.3 Å². The number of aryl methyl sites for hydroxylation is 1. The maximum absolute atomic E-state index is 14.6. The lowest BCUT2D eigenvalue weighted by Gasteiger charge is -2.30. The molecule has 1 aliphatic heterocycles. The molecule has 2 heterocycles. The molecule has 1 aliphatic rings. The van der Waals surface area contributed by atoms with Gasteiger partial charge in [0.05, 0.1) is 12.0 Å². The van der Waals surface area contributed by atoms with E-state index in [1.54, 1.807) is 23.5 Å². The zero-order valence-electron chi connectivity index (χ0n) is 16.3. The molecule has 150 valence electrons. The molecule has 0 saturated carbocycles. The Morgan fingerprint density at radius 3 is 2.93 bits per heavy atom. The molecule has 3 aromatic rings. The minimum Gasteiger partial charge on any atom is -0.379 e. The van der Waals surface area contributed by atoms with Gasteiger partial charge in [0.1, 0.15) is 5.82 Å². The van der Waals surface area contributed by atoms with Crippen LogP contribution in [0.3, 0.4) is 0 Å². The molecular weight excluding hydrogens is 405 g/mol. The zero-order valence-corrected chi connectivity index (χ0v) is 17.9. The van der Waals surface area contributed by atoms with Crippen LogP contribution in [0.5, 0.6) is 0 Å². The summed E-state index contributed by atoms with van der Waals surface area (Å²) >= 11 is 3.11. The van der Waals surface area contributed by atoms with E-state index in [2.05, 4.69) is 28.5 Å². The molecular formula is C22H22FN3OS2. The summed E-state index contributed by atoms with van der Waals surface area (Å²) in [5.41, 5.74) is 8.34. The fraction of sp³-hybridized carbons (Fsp3) is 0.273. The Morgan fingerprint density at radius 2 is 2.14 bits per heavy atom. The molecule has 0 aliphatic carbocycles. The average Bonchev–Trinajstić information content (AvgIpc) is 3.05. The number of nitrogens with two attached hydrogens (primary N) is 1. The number of thioether (sulfide) groups is 1. The average molecular weight is 428 g/mol. The Morgan fingerprint density at radius 1 is 1.31 bits per heavy atom. The predicted molar refractivity (Wildman–Crippen MR) is 121 cm³/mol. The number of amides is 1. The number of halogens is 1. The van der Waals surface area contributed by atoms with Crippen molar-refractivity contribution >= 4 is 49.9 Å². The summed E-state index contributed by atoms with van der Waals surface area (Å²) in [4.78, 5) is 17.1. The minimum atomic E-state index is -0.721. The largest absolute Gasteiger partial charge is 0.379 e. The molecule has 7 heteroatoms. The van der Waals surface area contributed by atoms with E-state index < -0.39 is 5.54 Å². The molecule has 3 N–H and O–H groups in total. The molecule has 0 fully saturated rings. The molecule has 0 bridgehead atoms. The lowest BCUT2D eigenvalue weighted by molar-refractivity contribution is -0.115. The van der Waals surface area contributed by atoms with Gasteiger partial charge in [0.25, 0.3) is 0 Å². The van der Waals surface area contributed by atoms with Gasteiger partial charge < -0.3 is 11.1 Å². The number of nitrogens with one attached hydrogen (secondary N) is 1. The number of aliphatic imine (C=N–C) groups is 1. The molecule has 2 aromatic carbocycles. The van der Waals surface area contributed by atoms with E-state index in [0.29, 0.717) is 22.8 Å². The van der Waals surface area contributed by atoms with Crippen molar-refractivity contribution in [3.8, 4) is 0 Å². The first-order valence-corrected chi connectivity index (χ1v) is 11.3. The Kier molecular flexibility index (Phi) is 5.36. The van der Waals surface area contributed by atoms with E-state index >= 15 is 0 Å². The van der Waals surface area contributed by atoms with Crippen LogP contribution in [0.2, 0.25) is 0 Å². The number of benzene rings is 2. The van der Waals surface area contributed by atoms with E-state index in [-0.39, 0.29) is 18.1 Å². The van der Waals surface area contributed by atoms with E-state index in [0.717, 1.165) is 16.7 Å². The fourth-order valence-corrected chi connectivity index (χ4v) is 5.52. The van der Waals surface area contributed by atoms with E-state index in [4.69, 9.17) is 5.73 Å². The quantitative estimate of drug-likeness (QED) is 0.602. The van der Waals surface area contributed by atoms with Crippen LogP contribution >= 0.6 is 23.1 Å². The lowest BCUT2D eigenvalue weighted by Crippen LogP contribution is -2.30. The van der Waals surface area contributed by atoms with Crippen molar-refractivity contribution in [1.82, 2.24) is 0 Å². The van der Waals surface area contributed by atoms with Crippen LogP contribution in [0.1, 0.15) is 30.0 Å². The van der Waals surface area contributed by atoms with Gasteiger partial charge in [-0.25, -0.2) is 4.39 Å². The second-order valence-corrected chi connectivity index (χ2v) is 9.53. The van der Waals surface area contributed by atoms with Gasteiger partial charge in [-0.05, 0) is 60.9 Å². The summed E-state index contributed by atoms with van der Waals surface area (Å²) in [5.74, 6) is 0.316. The van der Waals surface area contributed by atoms with Crippen molar-refractivity contribution in [3.05, 3.63) is 64.3 Å². The van der Waals surface area contributed by atoms with Gasteiger partial charge in [0.2, 0.25) is 5.91 Å². The zero-order chi connectivity index (χ0) is 20.6. The van der Waals surface area contributed by atoms with E-state index in [1.807, 2.05) is 19.2 Å². The minimum absolute atomic E-state index is 0.129. The summed E-state index contributed by atoms with van der Waals surface area (Å²) in [6.45, 7) is 3.92. The normalized spacial score (nSPS) is 19.2. The van der Waals surface area contributed by atoms with Crippen molar-refractivity contribution in [1.29, 1.82) is 0 Å². The summed E-state index contributed by atoms with van der Waals surface area (Å²) in [6, 6.07) is 10.9. The number of anilines is 1. The molecule has 1 atom stereocenters. The van der Waals surface area contributed by atoms with Crippen LogP contribution in [0.25, 0.3) is 10.1 Å². The van der Waals surface area contributed by atoms with Gasteiger partial charge in [-0.2, -0.15) is 0 Å². The van der Waals surface area contributed by atoms with Crippen LogP contribution in [0.15, 0.2) is 46.8 Å². The van der Waals surface area contributed by atoms with E-state index in [9.17, 15) is 9.18 Å². The van der Waals surface area contributed by atoms with Crippen molar-refractivity contribution in [2.24, 2.45) is 10.7 Å². The number of fused-ring (bicyclic) bond motifs is 1. The van der Waals surface area contributed by atoms with Gasteiger partial charge in [-0.1, -0.05) is 29.5 Å². The molecule has 1 amide bonds. The number of hydrogen-bond donors (Lipinski definition) is 2. The Balaban J connectivity index is 1.56. The third-order valence-corrected chi connectivity index (χ3v) is 6.99. The first-order valence-electron chi connectivity index (χ1n) is 9.39. The summed E-state index contributed by atoms with van der Waals surface area (Å²) in [7, 11) is 0. The van der Waals surface area contributed by atoms with Crippen LogP contribution in [-0.2, 0) is 16.8 Å². The molecule has 4 rings (SSSR count). The predicted octanol–water partition coefficient (Wildman–Crippen LogP) is 5.20. The smallest absolute Gasteiger partial charge is 0.228 e. The molecule has 1 unspecified atom stereocenters. The van der Waals surface area contributed by atoms with Crippen LogP contribution < -0.4 is 11.1 Å². The summed E-state index contributed by atoms with van der Waals surface area (Å²) in [5, 5.41) is 6.51. The molecule has 4 nitrogen and oxygen atoms in total. The van der Waals surface area contributed by atoms with Crippen molar-refractivity contribution in [2.45, 2.75) is 32.2 Å². The highest BCUT2D eigenvalue weighted by Gasteiger charge is 2.32. The highest BCUT2D eigenvalue weighted by atomic mass is 32.2. The van der Waals surface area contributed by atoms with Crippen molar-refractivity contribution in [2.75, 3.05) is 11.1 Å². The van der Waals surface area contributed by atoms with Crippen molar-refractivity contribution < 1.29 is 9.18 Å². The van der Waals surface area contributed by atoms with Crippen LogP contribution in [0.4, 0.5) is 10.1 Å². The Bertz CT molecular complexity index is 1120. The monoisotopic (exact) mass is 427 g/mol. The Hall–Kier alpha value is -2.38. The molecule has 0 saturated heterocycles. The molecule has 29 heavy (non-hydrogen) atoms. The number of amidine groups is 1. The highest BCUT2D eigenvalue weighted by Crippen LogP contribution is 2.37. The molecule has 0 spiro atoms. The second-order valence-electron chi connectivity index (χ2n) is 7.50. The van der Waals surface area contributed by atoms with Crippen molar-refractivity contribution in [3.63, 3.8) is 0 Å². The number of hydrogen-bond acceptors (Lipinski definition) is 5. The fourth-order valence-electron chi connectivity index (χ4n) is 3.61. The van der Waals surface area contributed by atoms with Gasteiger partial charge in [0.15, 0.2) is 5.17 Å². The maximum Gasteiger partial charge on any atom is 0.228 e. The van der Waals surface area contributed by atoms with Crippen LogP contribution in [-0.4, -0.2) is 16.8 Å². The number of carbonyl (C=O) groups is 1. The first-order chi connectivity index (χ1) is 13.8. The van der Waals surface area contributed by atoms with E-state index in [1.165, 1.54) is 28.1 Å². The SMILES string of the molecule is Cc1ccc2scc(CC(=O)Nc3ccc(F)c(C4(C)CCSC(N)=N4)c3)c2c1. The van der Waals surface area contributed by atoms with Gasteiger partial charge in [-0.3, -0.25) is 9.79 Å². The lowest BCUT2D eigenvalue weighted by atomic mass is 9.89. The third kappa shape index (κ3) is 4.16. The number of rotatable bonds is 4. The summed E-state index contributed by atoms with van der Waals surface area (Å²) in [6.07, 6.45) is 0.960. The topological polar surface area (TPSA) is 67.5 Å². The van der Waals surface area contributed by atoms with Gasteiger partial charge >= 0.3 is 0 Å². The second kappa shape index (κ2) is 7.80. The number of carbonyl (C=O) groups excluding carboxylic acids is 1. The summed E-state index contributed by atoms with van der Waals surface area (Å²) < 4.78 is 15.7. The van der Waals surface area contributed by atoms with Crippen LogP contribution in [0, 0.1) is 12.7 Å². The number of thiophene rings is 1. The third-order valence-electron chi connectivity index (χ3n) is 5.19.